The van der Waals surface area contributed by atoms with E-state index in [1.165, 1.54) is 0 Å². The summed E-state index contributed by atoms with van der Waals surface area (Å²) < 4.78 is 11.8. The van der Waals surface area contributed by atoms with Gasteiger partial charge in [-0.05, 0) is 67.2 Å². The first-order chi connectivity index (χ1) is 7.16. The van der Waals surface area contributed by atoms with Gasteiger partial charge in [0.1, 0.15) is 0 Å². The van der Waals surface area contributed by atoms with Crippen molar-refractivity contribution in [2.24, 2.45) is 0 Å². The van der Waals surface area contributed by atoms with Crippen LogP contribution in [0.15, 0.2) is 0 Å². The predicted octanol–water partition coefficient (Wildman–Crippen LogP) is 3.56. The standard InChI is InChI=1S/C14H26O2/c1-13(2,3)15-11-7-9-12(10-8-11)16-14(4,5)6/h7,10-12H,8-9H2,1-6H3. The molecule has 0 spiro atoms. The van der Waals surface area contributed by atoms with Crippen molar-refractivity contribution >= 4 is 0 Å². The van der Waals surface area contributed by atoms with E-state index in [1.807, 2.05) is 0 Å². The summed E-state index contributed by atoms with van der Waals surface area (Å²) in [4.78, 5) is 0. The summed E-state index contributed by atoms with van der Waals surface area (Å²) in [5.41, 5.74) is -0.126. The maximum atomic E-state index is 5.91. The second-order valence-corrected chi connectivity index (χ2v) is 6.48. The molecule has 0 bridgehead atoms. The van der Waals surface area contributed by atoms with E-state index < -0.39 is 0 Å². The van der Waals surface area contributed by atoms with Gasteiger partial charge in [-0.15, -0.1) is 0 Å². The van der Waals surface area contributed by atoms with Crippen molar-refractivity contribution in [1.82, 2.24) is 0 Å². The molecular weight excluding hydrogens is 200 g/mol. The molecule has 0 amide bonds. The summed E-state index contributed by atoms with van der Waals surface area (Å²) in [6, 6.07) is 0. The van der Waals surface area contributed by atoms with Gasteiger partial charge in [-0.25, -0.2) is 0 Å². The summed E-state index contributed by atoms with van der Waals surface area (Å²) in [5.74, 6) is 0. The highest BCUT2D eigenvalue weighted by Gasteiger charge is 2.28. The van der Waals surface area contributed by atoms with Crippen molar-refractivity contribution in [2.45, 2.75) is 77.8 Å². The molecule has 0 aliphatic heterocycles. The third-order valence-corrected chi connectivity index (χ3v) is 2.27. The minimum absolute atomic E-state index is 0.0628. The molecule has 2 heteroatoms. The van der Waals surface area contributed by atoms with E-state index in [4.69, 9.17) is 9.47 Å². The average molecular weight is 226 g/mol. The van der Waals surface area contributed by atoms with Crippen molar-refractivity contribution in [3.05, 3.63) is 12.8 Å². The molecule has 0 aromatic rings. The molecule has 0 aromatic carbocycles. The van der Waals surface area contributed by atoms with Crippen LogP contribution in [0.5, 0.6) is 0 Å². The van der Waals surface area contributed by atoms with Crippen molar-refractivity contribution in [3.63, 3.8) is 0 Å². The maximum Gasteiger partial charge on any atom is 0.0618 e. The lowest BCUT2D eigenvalue weighted by Gasteiger charge is -2.35. The topological polar surface area (TPSA) is 18.5 Å². The molecule has 1 rings (SSSR count). The Morgan fingerprint density at radius 3 is 1.25 bits per heavy atom. The van der Waals surface area contributed by atoms with Gasteiger partial charge in [0.2, 0.25) is 0 Å². The Morgan fingerprint density at radius 1 is 0.750 bits per heavy atom. The first kappa shape index (κ1) is 14.0. The number of hydrogen-bond donors (Lipinski definition) is 0. The first-order valence-corrected chi connectivity index (χ1v) is 6.18. The average Bonchev–Trinajstić information content (AvgIpc) is 2.03. The molecule has 2 radical (unpaired) electrons. The lowest BCUT2D eigenvalue weighted by molar-refractivity contribution is -0.0823. The summed E-state index contributed by atoms with van der Waals surface area (Å²) >= 11 is 0. The van der Waals surface area contributed by atoms with Gasteiger partial charge in [-0.1, -0.05) is 0 Å². The largest absolute Gasteiger partial charge is 0.372 e. The molecule has 94 valence electrons. The Morgan fingerprint density at radius 2 is 1.06 bits per heavy atom. The quantitative estimate of drug-likeness (QED) is 0.717. The molecule has 0 aromatic heterocycles. The highest BCUT2D eigenvalue weighted by Crippen LogP contribution is 2.27. The van der Waals surface area contributed by atoms with Crippen LogP contribution in [0.2, 0.25) is 0 Å². The zero-order valence-electron chi connectivity index (χ0n) is 11.5. The van der Waals surface area contributed by atoms with Crippen LogP contribution in [0.3, 0.4) is 0 Å². The third-order valence-electron chi connectivity index (χ3n) is 2.27. The minimum Gasteiger partial charge on any atom is -0.372 e. The fourth-order valence-corrected chi connectivity index (χ4v) is 1.86. The van der Waals surface area contributed by atoms with Gasteiger partial charge in [0.25, 0.3) is 0 Å². The fraction of sp³-hybridized carbons (Fsp3) is 0.857. The highest BCUT2D eigenvalue weighted by molar-refractivity contribution is 4.98. The number of rotatable bonds is 2. The number of hydrogen-bond acceptors (Lipinski definition) is 2. The number of ether oxygens (including phenoxy) is 2. The summed E-state index contributed by atoms with van der Waals surface area (Å²) in [6.45, 7) is 12.6. The molecule has 0 N–H and O–H groups in total. The van der Waals surface area contributed by atoms with Crippen molar-refractivity contribution in [2.75, 3.05) is 0 Å². The smallest absolute Gasteiger partial charge is 0.0618 e. The maximum absolute atomic E-state index is 5.91. The lowest BCUT2D eigenvalue weighted by Crippen LogP contribution is -2.36. The summed E-state index contributed by atoms with van der Waals surface area (Å²) in [5, 5.41) is 0. The van der Waals surface area contributed by atoms with Crippen LogP contribution in [0.1, 0.15) is 54.4 Å². The van der Waals surface area contributed by atoms with Crippen LogP contribution in [-0.4, -0.2) is 23.4 Å². The van der Waals surface area contributed by atoms with E-state index in [2.05, 4.69) is 54.4 Å². The molecule has 2 unspecified atom stereocenters. The van der Waals surface area contributed by atoms with Crippen LogP contribution in [0.25, 0.3) is 0 Å². The van der Waals surface area contributed by atoms with Crippen LogP contribution in [0, 0.1) is 12.8 Å². The van der Waals surface area contributed by atoms with E-state index in [-0.39, 0.29) is 23.4 Å². The molecule has 1 fully saturated rings. The van der Waals surface area contributed by atoms with E-state index in [9.17, 15) is 0 Å². The van der Waals surface area contributed by atoms with Gasteiger partial charge < -0.3 is 9.47 Å². The Bertz CT molecular complexity index is 178. The molecule has 1 aliphatic carbocycles. The van der Waals surface area contributed by atoms with Crippen LogP contribution in [0.4, 0.5) is 0 Å². The van der Waals surface area contributed by atoms with E-state index in [1.54, 1.807) is 0 Å². The molecule has 1 saturated carbocycles. The lowest BCUT2D eigenvalue weighted by atomic mass is 9.93. The molecule has 2 atom stereocenters. The third kappa shape index (κ3) is 5.86. The summed E-state index contributed by atoms with van der Waals surface area (Å²) in [6.07, 6.45) is 6.89. The van der Waals surface area contributed by atoms with E-state index in [0.717, 1.165) is 12.8 Å². The Hall–Kier alpha value is -0.0800. The molecule has 1 aliphatic rings. The molecule has 2 nitrogen and oxygen atoms in total. The van der Waals surface area contributed by atoms with Crippen LogP contribution < -0.4 is 0 Å². The first-order valence-electron chi connectivity index (χ1n) is 6.18. The van der Waals surface area contributed by atoms with Gasteiger partial charge >= 0.3 is 0 Å². The summed E-state index contributed by atoms with van der Waals surface area (Å²) in [7, 11) is 0. The zero-order chi connectivity index (χ0) is 12.4. The van der Waals surface area contributed by atoms with E-state index >= 15 is 0 Å². The van der Waals surface area contributed by atoms with Crippen LogP contribution in [-0.2, 0) is 9.47 Å². The van der Waals surface area contributed by atoms with Crippen LogP contribution >= 0.6 is 0 Å². The molecule has 0 heterocycles. The van der Waals surface area contributed by atoms with Gasteiger partial charge in [0.05, 0.1) is 23.4 Å². The predicted molar refractivity (Wildman–Crippen MR) is 67.1 cm³/mol. The normalized spacial score (nSPS) is 28.1. The minimum atomic E-state index is -0.0628. The van der Waals surface area contributed by atoms with Crippen molar-refractivity contribution in [1.29, 1.82) is 0 Å². The van der Waals surface area contributed by atoms with Gasteiger partial charge in [0.15, 0.2) is 0 Å². The molecular formula is C14H26O2. The van der Waals surface area contributed by atoms with Crippen molar-refractivity contribution < 1.29 is 9.47 Å². The monoisotopic (exact) mass is 226 g/mol. The zero-order valence-corrected chi connectivity index (χ0v) is 11.5. The molecule has 0 saturated heterocycles. The fourth-order valence-electron chi connectivity index (χ4n) is 1.86. The Balaban J connectivity index is 2.29. The van der Waals surface area contributed by atoms with Gasteiger partial charge in [0, 0.05) is 0 Å². The molecule has 16 heavy (non-hydrogen) atoms. The second kappa shape index (κ2) is 5.05. The second-order valence-electron chi connectivity index (χ2n) is 6.48. The SMILES string of the molecule is CC(C)(C)OC1[CH]CC(OC(C)(C)C)[CH]C1. The van der Waals surface area contributed by atoms with E-state index in [0.29, 0.717) is 0 Å². The highest BCUT2D eigenvalue weighted by atomic mass is 16.5. The van der Waals surface area contributed by atoms with Gasteiger partial charge in [-0.2, -0.15) is 0 Å². The van der Waals surface area contributed by atoms with Crippen molar-refractivity contribution in [3.8, 4) is 0 Å². The Labute approximate surface area is 101 Å². The Kier molecular flexibility index (Phi) is 4.42. The van der Waals surface area contributed by atoms with Gasteiger partial charge in [-0.3, -0.25) is 0 Å².